The van der Waals surface area contributed by atoms with Crippen molar-refractivity contribution in [2.45, 2.75) is 59.0 Å². The van der Waals surface area contributed by atoms with Crippen LogP contribution in [0, 0.1) is 0 Å². The van der Waals surface area contributed by atoms with Crippen LogP contribution < -0.4 is 0 Å². The summed E-state index contributed by atoms with van der Waals surface area (Å²) in [4.78, 5) is 57.2. The van der Waals surface area contributed by atoms with Gasteiger partial charge in [0.2, 0.25) is 0 Å². The van der Waals surface area contributed by atoms with Crippen LogP contribution in [0.2, 0.25) is 0 Å². The van der Waals surface area contributed by atoms with Gasteiger partial charge in [-0.15, -0.1) is 0 Å². The number of hydrogen-bond acceptors (Lipinski definition) is 10. The van der Waals surface area contributed by atoms with Gasteiger partial charge in [0.1, 0.15) is 6.61 Å². The fourth-order valence-electron chi connectivity index (χ4n) is 2.55. The van der Waals surface area contributed by atoms with E-state index in [9.17, 15) is 24.0 Å². The van der Waals surface area contributed by atoms with E-state index >= 15 is 0 Å². The summed E-state index contributed by atoms with van der Waals surface area (Å²) < 4.78 is 25.6. The molecular weight excluding hydrogens is 364 g/mol. The Balaban J connectivity index is 3.40. The second-order valence-electron chi connectivity index (χ2n) is 5.77. The monoisotopic (exact) mass is 386 g/mol. The summed E-state index contributed by atoms with van der Waals surface area (Å²) in [6, 6.07) is 0. The van der Waals surface area contributed by atoms with E-state index in [0.29, 0.717) is 0 Å². The van der Waals surface area contributed by atoms with Gasteiger partial charge in [0.25, 0.3) is 0 Å². The Hall–Kier alpha value is -2.91. The molecule has 0 aromatic rings. The molecule has 0 aromatic heterocycles. The molecule has 0 N–H and O–H groups in total. The maximum atomic E-state index is 11.6. The molecule has 0 fully saturated rings. The van der Waals surface area contributed by atoms with Crippen LogP contribution in [-0.2, 0) is 47.7 Å². The molecule has 0 unspecified atom stereocenters. The Bertz CT molecular complexity index is 650. The van der Waals surface area contributed by atoms with Gasteiger partial charge in [-0.1, -0.05) is 0 Å². The predicted octanol–water partition coefficient (Wildman–Crippen LogP) is 0.216. The van der Waals surface area contributed by atoms with E-state index in [1.165, 1.54) is 13.0 Å². The summed E-state index contributed by atoms with van der Waals surface area (Å²) in [6.07, 6.45) is -3.59. The van der Waals surface area contributed by atoms with E-state index in [1.807, 2.05) is 0 Å². The van der Waals surface area contributed by atoms with Crippen LogP contribution in [0.3, 0.4) is 0 Å². The molecule has 10 heteroatoms. The summed E-state index contributed by atoms with van der Waals surface area (Å²) in [5.74, 6) is -3.48. The average Bonchev–Trinajstić information content (AvgIpc) is 2.49. The Labute approximate surface area is 155 Å². The summed E-state index contributed by atoms with van der Waals surface area (Å²) in [5, 5.41) is 0. The van der Waals surface area contributed by atoms with Gasteiger partial charge in [-0.3, -0.25) is 24.0 Å². The summed E-state index contributed by atoms with van der Waals surface area (Å²) in [6.45, 7) is 5.38. The second kappa shape index (κ2) is 9.70. The molecular formula is C17H22O10. The minimum atomic E-state index is -1.31. The van der Waals surface area contributed by atoms with Crippen LogP contribution in [0.5, 0.6) is 0 Å². The van der Waals surface area contributed by atoms with Crippen molar-refractivity contribution in [3.8, 4) is 0 Å². The SMILES string of the molecule is CC(=O)OCC1=C[C@H](OC(C)=O)[C@H](OC(C)=O)[C@@H](OC(C)=O)[C@@H]1OC(C)=O. The van der Waals surface area contributed by atoms with Crippen LogP contribution in [0.1, 0.15) is 34.6 Å². The molecule has 0 saturated heterocycles. The molecule has 0 heterocycles. The lowest BCUT2D eigenvalue weighted by molar-refractivity contribution is -0.195. The lowest BCUT2D eigenvalue weighted by Gasteiger charge is -2.39. The van der Waals surface area contributed by atoms with Gasteiger partial charge in [-0.05, 0) is 6.08 Å². The maximum absolute atomic E-state index is 11.6. The quantitative estimate of drug-likeness (QED) is 0.355. The molecule has 4 atom stereocenters. The molecule has 1 aliphatic carbocycles. The number of carbonyl (C=O) groups excluding carboxylic acids is 5. The number of ether oxygens (including phenoxy) is 5. The van der Waals surface area contributed by atoms with Crippen molar-refractivity contribution in [1.82, 2.24) is 0 Å². The Morgan fingerprint density at radius 1 is 0.704 bits per heavy atom. The number of esters is 5. The van der Waals surface area contributed by atoms with E-state index in [-0.39, 0.29) is 12.2 Å². The molecule has 150 valence electrons. The third kappa shape index (κ3) is 7.08. The van der Waals surface area contributed by atoms with Crippen molar-refractivity contribution >= 4 is 29.8 Å². The molecule has 0 radical (unpaired) electrons. The fraction of sp³-hybridized carbons (Fsp3) is 0.588. The first-order valence-corrected chi connectivity index (χ1v) is 8.04. The standard InChI is InChI=1S/C17H22O10/c1-8(18)23-7-13-6-14(24-9(2)19)16(26-11(4)21)17(27-12(5)22)15(13)25-10(3)20/h6,14-17H,7H2,1-5H3/t14-,15+,16-,17-/m0/s1. The number of carbonyl (C=O) groups is 5. The number of rotatable bonds is 6. The summed E-state index contributed by atoms with van der Waals surface area (Å²) in [5.41, 5.74) is 0.210. The minimum absolute atomic E-state index is 0.210. The van der Waals surface area contributed by atoms with Gasteiger partial charge < -0.3 is 23.7 Å². The van der Waals surface area contributed by atoms with Crippen molar-refractivity contribution in [2.75, 3.05) is 6.61 Å². The van der Waals surface area contributed by atoms with E-state index in [2.05, 4.69) is 0 Å². The molecule has 1 aliphatic rings. The molecule has 0 amide bonds. The Morgan fingerprint density at radius 3 is 1.63 bits per heavy atom. The molecule has 0 aromatic carbocycles. The topological polar surface area (TPSA) is 132 Å². The Kier molecular flexibility index (Phi) is 7.95. The zero-order valence-electron chi connectivity index (χ0n) is 15.7. The molecule has 0 bridgehead atoms. The van der Waals surface area contributed by atoms with Gasteiger partial charge in [-0.2, -0.15) is 0 Å². The van der Waals surface area contributed by atoms with Gasteiger partial charge >= 0.3 is 29.8 Å². The molecule has 0 spiro atoms. The van der Waals surface area contributed by atoms with Gasteiger partial charge in [0, 0.05) is 40.2 Å². The first-order valence-electron chi connectivity index (χ1n) is 8.04. The van der Waals surface area contributed by atoms with E-state index in [0.717, 1.165) is 27.7 Å². The molecule has 1 rings (SSSR count). The Morgan fingerprint density at radius 2 is 1.19 bits per heavy atom. The first kappa shape index (κ1) is 22.1. The van der Waals surface area contributed by atoms with Crippen LogP contribution >= 0.6 is 0 Å². The van der Waals surface area contributed by atoms with Crippen molar-refractivity contribution in [3.63, 3.8) is 0 Å². The van der Waals surface area contributed by atoms with Crippen LogP contribution in [0.25, 0.3) is 0 Å². The summed E-state index contributed by atoms with van der Waals surface area (Å²) in [7, 11) is 0. The smallest absolute Gasteiger partial charge is 0.303 e. The van der Waals surface area contributed by atoms with Gasteiger partial charge in [-0.25, -0.2) is 0 Å². The third-order valence-electron chi connectivity index (χ3n) is 3.33. The zero-order chi connectivity index (χ0) is 20.7. The minimum Gasteiger partial charge on any atom is -0.461 e. The van der Waals surface area contributed by atoms with Gasteiger partial charge in [0.05, 0.1) is 0 Å². The highest BCUT2D eigenvalue weighted by Gasteiger charge is 2.48. The summed E-state index contributed by atoms with van der Waals surface area (Å²) >= 11 is 0. The van der Waals surface area contributed by atoms with E-state index < -0.39 is 54.3 Å². The third-order valence-corrected chi connectivity index (χ3v) is 3.33. The molecule has 0 aliphatic heterocycles. The van der Waals surface area contributed by atoms with Crippen molar-refractivity contribution in [2.24, 2.45) is 0 Å². The zero-order valence-corrected chi connectivity index (χ0v) is 15.7. The second-order valence-corrected chi connectivity index (χ2v) is 5.77. The highest BCUT2D eigenvalue weighted by Crippen LogP contribution is 2.30. The van der Waals surface area contributed by atoms with Crippen molar-refractivity contribution < 1.29 is 47.7 Å². The lowest BCUT2D eigenvalue weighted by atomic mass is 9.89. The highest BCUT2D eigenvalue weighted by atomic mass is 16.6. The van der Waals surface area contributed by atoms with E-state index in [1.54, 1.807) is 0 Å². The fourth-order valence-corrected chi connectivity index (χ4v) is 2.55. The van der Waals surface area contributed by atoms with Crippen molar-refractivity contribution in [3.05, 3.63) is 11.6 Å². The van der Waals surface area contributed by atoms with E-state index in [4.69, 9.17) is 23.7 Å². The van der Waals surface area contributed by atoms with Crippen LogP contribution in [0.4, 0.5) is 0 Å². The highest BCUT2D eigenvalue weighted by molar-refractivity contribution is 5.70. The number of hydrogen-bond donors (Lipinski definition) is 0. The molecule has 27 heavy (non-hydrogen) atoms. The predicted molar refractivity (Wildman–Crippen MR) is 86.9 cm³/mol. The maximum Gasteiger partial charge on any atom is 0.303 e. The van der Waals surface area contributed by atoms with Crippen molar-refractivity contribution in [1.29, 1.82) is 0 Å². The van der Waals surface area contributed by atoms with Crippen LogP contribution in [0.15, 0.2) is 11.6 Å². The average molecular weight is 386 g/mol. The molecule has 0 saturated carbocycles. The normalized spacial score (nSPS) is 24.1. The van der Waals surface area contributed by atoms with Gasteiger partial charge in [0.15, 0.2) is 24.4 Å². The lowest BCUT2D eigenvalue weighted by Crippen LogP contribution is -2.55. The van der Waals surface area contributed by atoms with Crippen LogP contribution in [-0.4, -0.2) is 60.9 Å². The molecule has 10 nitrogen and oxygen atoms in total. The first-order chi connectivity index (χ1) is 12.5. The largest absolute Gasteiger partial charge is 0.461 e.